The van der Waals surface area contributed by atoms with E-state index in [0.29, 0.717) is 35.2 Å². The van der Waals surface area contributed by atoms with Crippen LogP contribution in [0.25, 0.3) is 0 Å². The molecule has 30 heavy (non-hydrogen) atoms. The molecule has 3 heterocycles. The summed E-state index contributed by atoms with van der Waals surface area (Å²) in [4.78, 5) is 19.9. The predicted octanol–water partition coefficient (Wildman–Crippen LogP) is 4.29. The molecule has 0 radical (unpaired) electrons. The highest BCUT2D eigenvalue weighted by atomic mass is 16.5. The number of carbonyl (C=O) groups excluding carboxylic acids is 1. The molecule has 1 saturated heterocycles. The number of amides is 1. The fraction of sp³-hybridized carbons (Fsp3) is 0.348. The Kier molecular flexibility index (Phi) is 5.70. The highest BCUT2D eigenvalue weighted by Gasteiger charge is 2.33. The number of likely N-dealkylation sites (tertiary alicyclic amines) is 1. The fourth-order valence-corrected chi connectivity index (χ4v) is 4.01. The van der Waals surface area contributed by atoms with Gasteiger partial charge < -0.3 is 14.4 Å². The van der Waals surface area contributed by atoms with Crippen LogP contribution in [0.4, 0.5) is 0 Å². The van der Waals surface area contributed by atoms with Crippen molar-refractivity contribution in [3.63, 3.8) is 0 Å². The fourth-order valence-electron chi connectivity index (χ4n) is 4.01. The van der Waals surface area contributed by atoms with Gasteiger partial charge in [0.25, 0.3) is 5.91 Å². The monoisotopic (exact) mass is 406 g/mol. The Morgan fingerprint density at radius 1 is 1.17 bits per heavy atom. The van der Waals surface area contributed by atoms with Crippen LogP contribution >= 0.6 is 0 Å². The second kappa shape index (κ2) is 8.57. The van der Waals surface area contributed by atoms with Gasteiger partial charge in [0.15, 0.2) is 0 Å². The van der Waals surface area contributed by atoms with Crippen LogP contribution < -0.4 is 9.47 Å². The third-order valence-corrected chi connectivity index (χ3v) is 5.47. The van der Waals surface area contributed by atoms with E-state index in [1.54, 1.807) is 31.1 Å². The lowest BCUT2D eigenvalue weighted by molar-refractivity contribution is 0.0607. The molecule has 0 N–H and O–H groups in total. The van der Waals surface area contributed by atoms with E-state index in [2.05, 4.69) is 10.1 Å². The summed E-state index contributed by atoms with van der Waals surface area (Å²) in [6, 6.07) is 11.3. The molecule has 1 aliphatic heterocycles. The van der Waals surface area contributed by atoms with E-state index >= 15 is 0 Å². The summed E-state index contributed by atoms with van der Waals surface area (Å²) < 4.78 is 13.0. The van der Waals surface area contributed by atoms with Crippen LogP contribution in [0, 0.1) is 6.92 Å². The largest absolute Gasteiger partial charge is 0.497 e. The summed E-state index contributed by atoms with van der Waals surface area (Å²) in [6.07, 6.45) is 6.59. The first-order valence-electron chi connectivity index (χ1n) is 10.1. The second-order valence-corrected chi connectivity index (χ2v) is 7.47. The van der Waals surface area contributed by atoms with Gasteiger partial charge in [0.1, 0.15) is 17.1 Å². The summed E-state index contributed by atoms with van der Waals surface area (Å²) in [7, 11) is 3.39. The van der Waals surface area contributed by atoms with Crippen molar-refractivity contribution in [1.29, 1.82) is 0 Å². The van der Waals surface area contributed by atoms with Crippen LogP contribution in [0.1, 0.15) is 46.9 Å². The average molecular weight is 406 g/mol. The van der Waals surface area contributed by atoms with Crippen LogP contribution in [0.2, 0.25) is 0 Å². The topological polar surface area (TPSA) is 69.5 Å². The van der Waals surface area contributed by atoms with Crippen LogP contribution in [-0.4, -0.2) is 39.2 Å². The van der Waals surface area contributed by atoms with Gasteiger partial charge in [-0.05, 0) is 49.9 Å². The van der Waals surface area contributed by atoms with Gasteiger partial charge in [0, 0.05) is 32.1 Å². The molecule has 0 saturated carbocycles. The molecule has 1 atom stereocenters. The number of hydrogen-bond donors (Lipinski definition) is 0. The number of rotatable bonds is 5. The molecule has 2 aromatic heterocycles. The van der Waals surface area contributed by atoms with Gasteiger partial charge in [-0.2, -0.15) is 5.10 Å². The van der Waals surface area contributed by atoms with Crippen molar-refractivity contribution in [1.82, 2.24) is 19.7 Å². The standard InChI is InChI=1S/C23H26N4O3/c1-16-21(23(26(2)25-16)30-19-10-6-9-18(14-19)29-3)22(28)27-13-5-4-11-20(27)17-8-7-12-24-15-17/h6-10,12,14-15,20H,4-5,11,13H2,1-3H3. The van der Waals surface area contributed by atoms with Gasteiger partial charge >= 0.3 is 0 Å². The molecular formula is C23H26N4O3. The van der Waals surface area contributed by atoms with Crippen molar-refractivity contribution in [2.75, 3.05) is 13.7 Å². The van der Waals surface area contributed by atoms with Crippen molar-refractivity contribution in [2.45, 2.75) is 32.2 Å². The molecule has 1 amide bonds. The Labute approximate surface area is 176 Å². The second-order valence-electron chi connectivity index (χ2n) is 7.47. The van der Waals surface area contributed by atoms with Crippen LogP contribution in [0.15, 0.2) is 48.8 Å². The molecule has 1 fully saturated rings. The lowest BCUT2D eigenvalue weighted by Gasteiger charge is -2.36. The van der Waals surface area contributed by atoms with Crippen molar-refractivity contribution in [3.05, 3.63) is 65.6 Å². The van der Waals surface area contributed by atoms with E-state index in [4.69, 9.17) is 9.47 Å². The van der Waals surface area contributed by atoms with E-state index in [1.807, 2.05) is 48.4 Å². The lowest BCUT2D eigenvalue weighted by atomic mass is 9.95. The van der Waals surface area contributed by atoms with Gasteiger partial charge in [0.2, 0.25) is 5.88 Å². The first-order valence-corrected chi connectivity index (χ1v) is 10.1. The normalized spacial score (nSPS) is 16.4. The molecule has 0 bridgehead atoms. The molecule has 4 rings (SSSR count). The molecule has 0 spiro atoms. The van der Waals surface area contributed by atoms with E-state index in [1.165, 1.54) is 0 Å². The van der Waals surface area contributed by atoms with Crippen molar-refractivity contribution >= 4 is 5.91 Å². The molecule has 7 nitrogen and oxygen atoms in total. The summed E-state index contributed by atoms with van der Waals surface area (Å²) in [6.45, 7) is 2.54. The molecule has 1 unspecified atom stereocenters. The zero-order valence-corrected chi connectivity index (χ0v) is 17.5. The van der Waals surface area contributed by atoms with Crippen molar-refractivity contribution in [2.24, 2.45) is 7.05 Å². The van der Waals surface area contributed by atoms with Gasteiger partial charge in [0.05, 0.1) is 18.8 Å². The van der Waals surface area contributed by atoms with Crippen molar-refractivity contribution < 1.29 is 14.3 Å². The minimum Gasteiger partial charge on any atom is -0.497 e. The SMILES string of the molecule is COc1cccc(Oc2c(C(=O)N3CCCCC3c3cccnc3)c(C)nn2C)c1. The third kappa shape index (κ3) is 3.87. The Morgan fingerprint density at radius 3 is 2.77 bits per heavy atom. The van der Waals surface area contributed by atoms with Crippen LogP contribution in [0.5, 0.6) is 17.4 Å². The zero-order chi connectivity index (χ0) is 21.1. The molecule has 1 aliphatic rings. The summed E-state index contributed by atoms with van der Waals surface area (Å²) in [5, 5.41) is 4.46. The number of pyridine rings is 1. The summed E-state index contributed by atoms with van der Waals surface area (Å²) >= 11 is 0. The molecule has 7 heteroatoms. The predicted molar refractivity (Wildman–Crippen MR) is 113 cm³/mol. The maximum absolute atomic E-state index is 13.7. The number of benzene rings is 1. The number of ether oxygens (including phenoxy) is 2. The number of piperidine rings is 1. The van der Waals surface area contributed by atoms with E-state index in [9.17, 15) is 4.79 Å². The third-order valence-electron chi connectivity index (χ3n) is 5.47. The minimum atomic E-state index is -0.0629. The van der Waals surface area contributed by atoms with E-state index in [-0.39, 0.29) is 11.9 Å². The molecule has 3 aromatic rings. The molecule has 156 valence electrons. The first kappa shape index (κ1) is 19.9. The number of aromatic nitrogens is 3. The van der Waals surface area contributed by atoms with Gasteiger partial charge in [-0.15, -0.1) is 0 Å². The number of carbonyl (C=O) groups is 1. The number of methoxy groups -OCH3 is 1. The Balaban J connectivity index is 1.68. The van der Waals surface area contributed by atoms with E-state index < -0.39 is 0 Å². The Bertz CT molecular complexity index is 1030. The highest BCUT2D eigenvalue weighted by molar-refractivity contribution is 5.98. The highest BCUT2D eigenvalue weighted by Crippen LogP contribution is 2.35. The maximum Gasteiger partial charge on any atom is 0.261 e. The van der Waals surface area contributed by atoms with Gasteiger partial charge in [-0.25, -0.2) is 4.68 Å². The Hall–Kier alpha value is -3.35. The quantitative estimate of drug-likeness (QED) is 0.632. The number of aryl methyl sites for hydroxylation is 2. The first-order chi connectivity index (χ1) is 14.6. The van der Waals surface area contributed by atoms with Crippen LogP contribution in [-0.2, 0) is 7.05 Å². The zero-order valence-electron chi connectivity index (χ0n) is 17.5. The molecule has 1 aromatic carbocycles. The van der Waals surface area contributed by atoms with E-state index in [0.717, 1.165) is 24.8 Å². The average Bonchev–Trinajstić information content (AvgIpc) is 3.06. The van der Waals surface area contributed by atoms with Crippen molar-refractivity contribution in [3.8, 4) is 17.4 Å². The summed E-state index contributed by atoms with van der Waals surface area (Å²) in [5.74, 6) is 1.65. The molecular weight excluding hydrogens is 380 g/mol. The smallest absolute Gasteiger partial charge is 0.261 e. The number of hydrogen-bond acceptors (Lipinski definition) is 5. The van der Waals surface area contributed by atoms with Crippen LogP contribution in [0.3, 0.4) is 0 Å². The maximum atomic E-state index is 13.7. The molecule has 0 aliphatic carbocycles. The van der Waals surface area contributed by atoms with Gasteiger partial charge in [-0.3, -0.25) is 9.78 Å². The lowest BCUT2D eigenvalue weighted by Crippen LogP contribution is -2.38. The minimum absolute atomic E-state index is 0.00391. The number of nitrogens with zero attached hydrogens (tertiary/aromatic N) is 4. The Morgan fingerprint density at radius 2 is 2.00 bits per heavy atom. The van der Waals surface area contributed by atoms with Gasteiger partial charge in [-0.1, -0.05) is 12.1 Å². The summed E-state index contributed by atoms with van der Waals surface area (Å²) in [5.41, 5.74) is 2.20.